The summed E-state index contributed by atoms with van der Waals surface area (Å²) in [7, 11) is 0. The van der Waals surface area contributed by atoms with Crippen LogP contribution in [0.1, 0.15) is 26.7 Å². The fraction of sp³-hybridized carbons (Fsp3) is 0.750. The Labute approximate surface area is 70.6 Å². The van der Waals surface area contributed by atoms with Crippen molar-refractivity contribution in [1.82, 2.24) is 0 Å². The lowest BCUT2D eigenvalue weighted by atomic mass is 9.96. The van der Waals surface area contributed by atoms with Crippen LogP contribution in [0.3, 0.4) is 0 Å². The van der Waals surface area contributed by atoms with Gasteiger partial charge in [-0.25, -0.2) is 4.39 Å². The maximum atomic E-state index is 13.0. The summed E-state index contributed by atoms with van der Waals surface area (Å²) >= 11 is 0. The Bertz CT molecular complexity index is 165. The van der Waals surface area contributed by atoms with Gasteiger partial charge in [0.05, 0.1) is 0 Å². The fourth-order valence-electron chi connectivity index (χ4n) is 1.03. The quantitative estimate of drug-likeness (QED) is 0.644. The van der Waals surface area contributed by atoms with E-state index in [9.17, 15) is 14.0 Å². The molecule has 0 aliphatic carbocycles. The number of carbonyl (C=O) groups excluding carboxylic acids is 1. The molecule has 0 fully saturated rings. The predicted molar refractivity (Wildman–Crippen MR) is 41.6 cm³/mol. The van der Waals surface area contributed by atoms with Crippen LogP contribution in [0.15, 0.2) is 0 Å². The average molecular weight is 176 g/mol. The summed E-state index contributed by atoms with van der Waals surface area (Å²) < 4.78 is 13.0. The Balaban J connectivity index is 4.29. The molecule has 2 atom stereocenters. The lowest BCUT2D eigenvalue weighted by molar-refractivity contribution is -0.148. The minimum absolute atomic E-state index is 0.122. The van der Waals surface area contributed by atoms with Gasteiger partial charge in [-0.3, -0.25) is 9.59 Å². The Morgan fingerprint density at radius 2 is 2.00 bits per heavy atom. The molecule has 0 amide bonds. The normalized spacial score (nSPS) is 15.2. The number of Topliss-reactive ketones (excluding diaryl/α,β-unsaturated/α-hetero) is 1. The van der Waals surface area contributed by atoms with Crippen LogP contribution in [-0.2, 0) is 9.59 Å². The van der Waals surface area contributed by atoms with E-state index in [2.05, 4.69) is 0 Å². The number of hydrogen-bond donors (Lipinski definition) is 1. The van der Waals surface area contributed by atoms with Crippen molar-refractivity contribution >= 4 is 11.8 Å². The molecular weight excluding hydrogens is 163 g/mol. The van der Waals surface area contributed by atoms with E-state index in [4.69, 9.17) is 5.11 Å². The molecule has 3 nitrogen and oxygen atoms in total. The molecule has 0 bridgehead atoms. The molecule has 0 aromatic rings. The molecular formula is C8H13FO3. The van der Waals surface area contributed by atoms with E-state index >= 15 is 0 Å². The molecule has 0 aromatic heterocycles. The molecule has 0 heterocycles. The van der Waals surface area contributed by atoms with Gasteiger partial charge < -0.3 is 5.11 Å². The second kappa shape index (κ2) is 4.85. The van der Waals surface area contributed by atoms with Gasteiger partial charge in [-0.2, -0.15) is 0 Å². The van der Waals surface area contributed by atoms with Gasteiger partial charge in [0.25, 0.3) is 0 Å². The van der Waals surface area contributed by atoms with Gasteiger partial charge in [0.1, 0.15) is 17.9 Å². The highest BCUT2D eigenvalue weighted by atomic mass is 19.1. The number of alkyl halides is 1. The van der Waals surface area contributed by atoms with Crippen molar-refractivity contribution in [3.05, 3.63) is 0 Å². The molecule has 0 rings (SSSR count). The van der Waals surface area contributed by atoms with Gasteiger partial charge in [0.2, 0.25) is 0 Å². The van der Waals surface area contributed by atoms with Crippen molar-refractivity contribution in [3.8, 4) is 0 Å². The van der Waals surface area contributed by atoms with Gasteiger partial charge >= 0.3 is 5.97 Å². The van der Waals surface area contributed by atoms with E-state index in [1.165, 1.54) is 0 Å². The number of carbonyl (C=O) groups is 2. The van der Waals surface area contributed by atoms with Crippen molar-refractivity contribution in [2.75, 3.05) is 0 Å². The van der Waals surface area contributed by atoms with E-state index < -0.39 is 23.8 Å². The summed E-state index contributed by atoms with van der Waals surface area (Å²) in [5.74, 6) is -3.48. The summed E-state index contributed by atoms with van der Waals surface area (Å²) in [6, 6.07) is 0. The monoisotopic (exact) mass is 176 g/mol. The molecule has 0 aromatic carbocycles. The SMILES string of the molecule is CCCC(F)C(C(C)=O)C(=O)O. The highest BCUT2D eigenvalue weighted by Crippen LogP contribution is 2.15. The first-order chi connectivity index (χ1) is 5.50. The number of hydrogen-bond acceptors (Lipinski definition) is 2. The van der Waals surface area contributed by atoms with Crippen LogP contribution in [0.2, 0.25) is 0 Å². The molecule has 0 radical (unpaired) electrons. The lowest BCUT2D eigenvalue weighted by Gasteiger charge is -2.12. The maximum absolute atomic E-state index is 13.0. The van der Waals surface area contributed by atoms with E-state index in [0.29, 0.717) is 6.42 Å². The van der Waals surface area contributed by atoms with Crippen molar-refractivity contribution < 1.29 is 19.1 Å². The van der Waals surface area contributed by atoms with E-state index in [-0.39, 0.29) is 6.42 Å². The Morgan fingerprint density at radius 1 is 1.50 bits per heavy atom. The minimum atomic E-state index is -1.55. The second-order valence-electron chi connectivity index (χ2n) is 2.73. The first kappa shape index (κ1) is 11.1. The molecule has 0 aliphatic heterocycles. The zero-order valence-corrected chi connectivity index (χ0v) is 7.21. The number of rotatable bonds is 5. The molecule has 2 unspecified atom stereocenters. The molecule has 12 heavy (non-hydrogen) atoms. The Kier molecular flexibility index (Phi) is 4.47. The average Bonchev–Trinajstić information content (AvgIpc) is 1.85. The Hall–Kier alpha value is -0.930. The van der Waals surface area contributed by atoms with Crippen LogP contribution < -0.4 is 0 Å². The zero-order valence-electron chi connectivity index (χ0n) is 7.21. The third-order valence-electron chi connectivity index (χ3n) is 1.63. The number of aliphatic carboxylic acids is 1. The van der Waals surface area contributed by atoms with Gasteiger partial charge in [-0.15, -0.1) is 0 Å². The van der Waals surface area contributed by atoms with Crippen molar-refractivity contribution in [3.63, 3.8) is 0 Å². The predicted octanol–water partition coefficient (Wildman–Crippen LogP) is 1.41. The van der Waals surface area contributed by atoms with Gasteiger partial charge in [0.15, 0.2) is 0 Å². The van der Waals surface area contributed by atoms with E-state index in [0.717, 1.165) is 6.92 Å². The van der Waals surface area contributed by atoms with Crippen LogP contribution in [0.25, 0.3) is 0 Å². The molecule has 0 aliphatic rings. The third kappa shape index (κ3) is 2.98. The molecule has 70 valence electrons. The summed E-state index contributed by atoms with van der Waals surface area (Å²) in [5, 5.41) is 8.48. The first-order valence-corrected chi connectivity index (χ1v) is 3.88. The van der Waals surface area contributed by atoms with Crippen molar-refractivity contribution in [2.45, 2.75) is 32.9 Å². The summed E-state index contributed by atoms with van der Waals surface area (Å²) in [6.07, 6.45) is -0.889. The van der Waals surface area contributed by atoms with Crippen molar-refractivity contribution in [2.24, 2.45) is 5.92 Å². The Morgan fingerprint density at radius 3 is 2.25 bits per heavy atom. The van der Waals surface area contributed by atoms with Crippen molar-refractivity contribution in [1.29, 1.82) is 0 Å². The standard InChI is InChI=1S/C8H13FO3/c1-3-4-6(9)7(5(2)10)8(11)12/h6-7H,3-4H2,1-2H3,(H,11,12). The highest BCUT2D eigenvalue weighted by Gasteiger charge is 2.31. The van der Waals surface area contributed by atoms with Crippen LogP contribution >= 0.6 is 0 Å². The van der Waals surface area contributed by atoms with Gasteiger partial charge in [-0.1, -0.05) is 13.3 Å². The lowest BCUT2D eigenvalue weighted by Crippen LogP contribution is -2.31. The third-order valence-corrected chi connectivity index (χ3v) is 1.63. The topological polar surface area (TPSA) is 54.4 Å². The smallest absolute Gasteiger partial charge is 0.317 e. The maximum Gasteiger partial charge on any atom is 0.317 e. The largest absolute Gasteiger partial charge is 0.481 e. The molecule has 1 N–H and O–H groups in total. The number of halogens is 1. The zero-order chi connectivity index (χ0) is 9.72. The van der Waals surface area contributed by atoms with Crippen LogP contribution in [-0.4, -0.2) is 23.0 Å². The second-order valence-corrected chi connectivity index (χ2v) is 2.73. The highest BCUT2D eigenvalue weighted by molar-refractivity contribution is 5.97. The van der Waals surface area contributed by atoms with Crippen LogP contribution in [0.4, 0.5) is 4.39 Å². The molecule has 0 spiro atoms. The summed E-state index contributed by atoms with van der Waals surface area (Å²) in [6.45, 7) is 2.84. The summed E-state index contributed by atoms with van der Waals surface area (Å²) in [5.41, 5.74) is 0. The minimum Gasteiger partial charge on any atom is -0.481 e. The number of carboxylic acid groups (broad SMARTS) is 1. The van der Waals surface area contributed by atoms with E-state index in [1.54, 1.807) is 6.92 Å². The number of ketones is 1. The molecule has 0 saturated heterocycles. The molecule has 4 heteroatoms. The van der Waals surface area contributed by atoms with Crippen LogP contribution in [0.5, 0.6) is 0 Å². The molecule has 0 saturated carbocycles. The number of carboxylic acids is 1. The van der Waals surface area contributed by atoms with Gasteiger partial charge in [-0.05, 0) is 13.3 Å². The fourth-order valence-corrected chi connectivity index (χ4v) is 1.03. The summed E-state index contributed by atoms with van der Waals surface area (Å²) in [4.78, 5) is 21.1. The van der Waals surface area contributed by atoms with Crippen LogP contribution in [0, 0.1) is 5.92 Å². The van der Waals surface area contributed by atoms with E-state index in [1.807, 2.05) is 0 Å². The van der Waals surface area contributed by atoms with Gasteiger partial charge in [0, 0.05) is 0 Å². The first-order valence-electron chi connectivity index (χ1n) is 3.88.